The maximum absolute atomic E-state index is 9.80. The minimum absolute atomic E-state index is 0.0302. The van der Waals surface area contributed by atoms with E-state index in [4.69, 9.17) is 19.3 Å². The van der Waals surface area contributed by atoms with Gasteiger partial charge in [0, 0.05) is 0 Å². The Labute approximate surface area is 77.6 Å². The molecule has 0 bridgehead atoms. The number of aldehydes is 1. The lowest BCUT2D eigenvalue weighted by atomic mass is 10.7. The van der Waals surface area contributed by atoms with Gasteiger partial charge in [0.2, 0.25) is 0 Å². The zero-order valence-corrected chi connectivity index (χ0v) is 7.61. The Hall–Kier alpha value is -0.490. The van der Waals surface area contributed by atoms with Crippen LogP contribution >= 0.6 is 0 Å². The van der Waals surface area contributed by atoms with E-state index in [1.165, 1.54) is 0 Å². The maximum Gasteiger partial charge on any atom is 0.145 e. The lowest BCUT2D eigenvalue weighted by molar-refractivity contribution is -0.112. The van der Waals surface area contributed by atoms with Crippen molar-refractivity contribution in [2.75, 3.05) is 46.2 Å². The van der Waals surface area contributed by atoms with Gasteiger partial charge < -0.3 is 24.1 Å². The smallest absolute Gasteiger partial charge is 0.145 e. The topological polar surface area (TPSA) is 65.0 Å². The van der Waals surface area contributed by atoms with E-state index < -0.39 is 0 Å². The summed E-state index contributed by atoms with van der Waals surface area (Å²) in [6, 6.07) is 0. The molecule has 0 saturated heterocycles. The lowest BCUT2D eigenvalue weighted by Gasteiger charge is -2.04. The second kappa shape index (κ2) is 11.5. The van der Waals surface area contributed by atoms with Crippen LogP contribution in [0.3, 0.4) is 0 Å². The number of carbonyl (C=O) groups excluding carboxylic acids is 1. The van der Waals surface area contributed by atoms with Gasteiger partial charge in [0.15, 0.2) is 0 Å². The molecule has 0 unspecified atom stereocenters. The number of ether oxygens (including phenoxy) is 3. The summed E-state index contributed by atoms with van der Waals surface area (Å²) in [5.74, 6) is 0. The van der Waals surface area contributed by atoms with Crippen LogP contribution in [0.1, 0.15) is 0 Å². The van der Waals surface area contributed by atoms with Gasteiger partial charge in [-0.2, -0.15) is 0 Å². The van der Waals surface area contributed by atoms with Gasteiger partial charge in [-0.05, 0) is 0 Å². The minimum atomic E-state index is 0.0302. The fourth-order valence-corrected chi connectivity index (χ4v) is 0.636. The van der Waals surface area contributed by atoms with Crippen LogP contribution in [0.4, 0.5) is 0 Å². The molecular formula is C8H16O5. The van der Waals surface area contributed by atoms with Crippen molar-refractivity contribution >= 4 is 6.29 Å². The quantitative estimate of drug-likeness (QED) is 0.363. The molecule has 0 saturated carbocycles. The Morgan fingerprint density at radius 2 is 1.46 bits per heavy atom. The highest BCUT2D eigenvalue weighted by Gasteiger charge is 1.89. The van der Waals surface area contributed by atoms with Crippen LogP contribution in [0.2, 0.25) is 0 Å². The Morgan fingerprint density at radius 1 is 0.923 bits per heavy atom. The third-order valence-electron chi connectivity index (χ3n) is 1.17. The summed E-state index contributed by atoms with van der Waals surface area (Å²) in [6.45, 7) is 2.30. The molecule has 0 rings (SSSR count). The third-order valence-corrected chi connectivity index (χ3v) is 1.17. The molecule has 0 spiro atoms. The van der Waals surface area contributed by atoms with Crippen LogP contribution in [0.25, 0.3) is 0 Å². The molecule has 0 aliphatic carbocycles. The number of rotatable bonds is 10. The number of hydrogen-bond donors (Lipinski definition) is 1. The molecule has 0 aromatic carbocycles. The van der Waals surface area contributed by atoms with Crippen LogP contribution in [0.15, 0.2) is 0 Å². The second-order valence-corrected chi connectivity index (χ2v) is 2.19. The van der Waals surface area contributed by atoms with E-state index in [0.29, 0.717) is 39.3 Å². The molecule has 5 nitrogen and oxygen atoms in total. The van der Waals surface area contributed by atoms with Crippen molar-refractivity contribution in [3.05, 3.63) is 0 Å². The van der Waals surface area contributed by atoms with Crippen molar-refractivity contribution in [3.8, 4) is 0 Å². The molecule has 78 valence electrons. The summed E-state index contributed by atoms with van der Waals surface area (Å²) in [6.07, 6.45) is 0.699. The number of aliphatic hydroxyl groups is 1. The average molecular weight is 192 g/mol. The summed E-state index contributed by atoms with van der Waals surface area (Å²) in [4.78, 5) is 9.80. The zero-order valence-electron chi connectivity index (χ0n) is 7.61. The highest BCUT2D eigenvalue weighted by Crippen LogP contribution is 1.79. The SMILES string of the molecule is O=CCOCCOCCOCCO. The van der Waals surface area contributed by atoms with Crippen LogP contribution < -0.4 is 0 Å². The second-order valence-electron chi connectivity index (χ2n) is 2.19. The van der Waals surface area contributed by atoms with Crippen molar-refractivity contribution in [1.82, 2.24) is 0 Å². The van der Waals surface area contributed by atoms with E-state index >= 15 is 0 Å². The number of hydrogen-bond acceptors (Lipinski definition) is 5. The van der Waals surface area contributed by atoms with Crippen molar-refractivity contribution in [3.63, 3.8) is 0 Å². The molecule has 0 fully saturated rings. The molecule has 0 atom stereocenters. The first-order valence-electron chi connectivity index (χ1n) is 4.19. The highest BCUT2D eigenvalue weighted by atomic mass is 16.5. The molecule has 5 heteroatoms. The first-order chi connectivity index (χ1) is 6.41. The van der Waals surface area contributed by atoms with Gasteiger partial charge in [-0.25, -0.2) is 0 Å². The van der Waals surface area contributed by atoms with Crippen molar-refractivity contribution in [2.45, 2.75) is 0 Å². The lowest BCUT2D eigenvalue weighted by Crippen LogP contribution is -2.11. The molecule has 0 radical (unpaired) electrons. The van der Waals surface area contributed by atoms with Gasteiger partial charge in [-0.3, -0.25) is 0 Å². The molecule has 0 aromatic heterocycles. The van der Waals surface area contributed by atoms with E-state index in [1.807, 2.05) is 0 Å². The van der Waals surface area contributed by atoms with Crippen LogP contribution in [0, 0.1) is 0 Å². The first-order valence-corrected chi connectivity index (χ1v) is 4.19. The first kappa shape index (κ1) is 12.5. The van der Waals surface area contributed by atoms with Gasteiger partial charge in [0.1, 0.15) is 12.9 Å². The largest absolute Gasteiger partial charge is 0.394 e. The fourth-order valence-electron chi connectivity index (χ4n) is 0.636. The van der Waals surface area contributed by atoms with Gasteiger partial charge >= 0.3 is 0 Å². The van der Waals surface area contributed by atoms with E-state index in [2.05, 4.69) is 0 Å². The zero-order chi connectivity index (χ0) is 9.78. The summed E-state index contributed by atoms with van der Waals surface area (Å²) < 4.78 is 14.9. The predicted molar refractivity (Wildman–Crippen MR) is 45.6 cm³/mol. The normalized spacial score (nSPS) is 10.2. The summed E-state index contributed by atoms with van der Waals surface area (Å²) in [7, 11) is 0. The summed E-state index contributed by atoms with van der Waals surface area (Å²) in [5, 5.41) is 8.35. The van der Waals surface area contributed by atoms with Crippen LogP contribution in [0.5, 0.6) is 0 Å². The minimum Gasteiger partial charge on any atom is -0.394 e. The molecule has 13 heavy (non-hydrogen) atoms. The molecule has 0 aromatic rings. The predicted octanol–water partition coefficient (Wildman–Crippen LogP) is -0.773. The molecule has 0 heterocycles. The van der Waals surface area contributed by atoms with Crippen LogP contribution in [-0.4, -0.2) is 57.6 Å². The standard InChI is InChI=1S/C8H16O5/c9-1-3-11-5-7-13-8-6-12-4-2-10/h1,10H,2-8H2. The van der Waals surface area contributed by atoms with Crippen molar-refractivity contribution in [2.24, 2.45) is 0 Å². The molecule has 0 aliphatic heterocycles. The molecule has 0 aliphatic rings. The van der Waals surface area contributed by atoms with Gasteiger partial charge in [0.05, 0.1) is 39.6 Å². The van der Waals surface area contributed by atoms with Gasteiger partial charge in [-0.1, -0.05) is 0 Å². The van der Waals surface area contributed by atoms with Gasteiger partial charge in [-0.15, -0.1) is 0 Å². The summed E-state index contributed by atoms with van der Waals surface area (Å²) >= 11 is 0. The summed E-state index contributed by atoms with van der Waals surface area (Å²) in [5.41, 5.74) is 0. The van der Waals surface area contributed by atoms with E-state index in [0.717, 1.165) is 0 Å². The Kier molecular flexibility index (Phi) is 11.1. The monoisotopic (exact) mass is 192 g/mol. The number of aliphatic hydroxyl groups excluding tert-OH is 1. The van der Waals surface area contributed by atoms with E-state index in [1.54, 1.807) is 0 Å². The molecule has 1 N–H and O–H groups in total. The Balaban J connectivity index is 2.79. The van der Waals surface area contributed by atoms with E-state index in [9.17, 15) is 4.79 Å². The molecular weight excluding hydrogens is 176 g/mol. The Bertz CT molecular complexity index is 107. The molecule has 0 amide bonds. The average Bonchev–Trinajstić information content (AvgIpc) is 2.16. The maximum atomic E-state index is 9.80. The fraction of sp³-hybridized carbons (Fsp3) is 0.875. The van der Waals surface area contributed by atoms with E-state index in [-0.39, 0.29) is 13.2 Å². The van der Waals surface area contributed by atoms with Crippen molar-refractivity contribution in [1.29, 1.82) is 0 Å². The van der Waals surface area contributed by atoms with Crippen molar-refractivity contribution < 1.29 is 24.1 Å². The number of carbonyl (C=O) groups is 1. The third kappa shape index (κ3) is 11.5. The van der Waals surface area contributed by atoms with Gasteiger partial charge in [0.25, 0.3) is 0 Å². The Morgan fingerprint density at radius 3 is 2.00 bits per heavy atom. The van der Waals surface area contributed by atoms with Crippen LogP contribution in [-0.2, 0) is 19.0 Å². The highest BCUT2D eigenvalue weighted by molar-refractivity contribution is 5.50.